The van der Waals surface area contributed by atoms with Gasteiger partial charge in [-0.05, 0) is 40.2 Å². The molecular weight excluding hydrogens is 196 g/mol. The Hall–Kier alpha value is -0.520. The molecule has 0 heterocycles. The van der Waals surface area contributed by atoms with Gasteiger partial charge in [0.15, 0.2) is 0 Å². The Labute approximate surface area is 102 Å². The summed E-state index contributed by atoms with van der Waals surface area (Å²) in [6.07, 6.45) is 7.73. The van der Waals surface area contributed by atoms with Gasteiger partial charge in [0.05, 0.1) is 6.54 Å². The monoisotopic (exact) mass is 224 g/mol. The summed E-state index contributed by atoms with van der Waals surface area (Å²) >= 11 is 0. The first-order valence-corrected chi connectivity index (χ1v) is 6.37. The average Bonchev–Trinajstić information content (AvgIpc) is 2.17. The number of nitrogens with one attached hydrogen (secondary N) is 1. The Morgan fingerprint density at radius 3 is 2.31 bits per heavy atom. The third-order valence-electron chi connectivity index (χ3n) is 2.66. The predicted octanol–water partition coefficient (Wildman–Crippen LogP) is 2.50. The highest BCUT2D eigenvalue weighted by molar-refractivity contribution is 4.91. The summed E-state index contributed by atoms with van der Waals surface area (Å²) in [5, 5.41) is 3.56. The first-order valence-electron chi connectivity index (χ1n) is 6.37. The average molecular weight is 224 g/mol. The van der Waals surface area contributed by atoms with Gasteiger partial charge in [-0.2, -0.15) is 0 Å². The largest absolute Gasteiger partial charge is 0.311 e. The molecular formula is C14H28N2. The lowest BCUT2D eigenvalue weighted by atomic mass is 10.1. The molecule has 0 aliphatic heterocycles. The van der Waals surface area contributed by atoms with E-state index in [9.17, 15) is 0 Å². The van der Waals surface area contributed by atoms with Crippen molar-refractivity contribution in [2.45, 2.75) is 59.0 Å². The van der Waals surface area contributed by atoms with Crippen LogP contribution in [0, 0.1) is 12.3 Å². The highest BCUT2D eigenvalue weighted by Gasteiger charge is 2.17. The van der Waals surface area contributed by atoms with Gasteiger partial charge in [-0.15, -0.1) is 6.42 Å². The van der Waals surface area contributed by atoms with Crippen molar-refractivity contribution < 1.29 is 0 Å². The van der Waals surface area contributed by atoms with Crippen LogP contribution in [-0.4, -0.2) is 36.1 Å². The van der Waals surface area contributed by atoms with Crippen molar-refractivity contribution in [2.24, 2.45) is 0 Å². The van der Waals surface area contributed by atoms with Gasteiger partial charge in [-0.25, -0.2) is 0 Å². The third-order valence-corrected chi connectivity index (χ3v) is 2.66. The summed E-state index contributed by atoms with van der Waals surface area (Å²) in [4.78, 5) is 2.40. The number of hydrogen-bond donors (Lipinski definition) is 1. The van der Waals surface area contributed by atoms with E-state index in [1.807, 2.05) is 0 Å². The topological polar surface area (TPSA) is 15.3 Å². The zero-order valence-corrected chi connectivity index (χ0v) is 11.6. The van der Waals surface area contributed by atoms with Gasteiger partial charge in [0.25, 0.3) is 0 Å². The van der Waals surface area contributed by atoms with E-state index in [0.717, 1.165) is 32.5 Å². The zero-order chi connectivity index (χ0) is 12.6. The fourth-order valence-corrected chi connectivity index (χ4v) is 1.75. The maximum atomic E-state index is 5.42. The van der Waals surface area contributed by atoms with E-state index < -0.39 is 0 Å². The fourth-order valence-electron chi connectivity index (χ4n) is 1.75. The highest BCUT2D eigenvalue weighted by atomic mass is 15.2. The van der Waals surface area contributed by atoms with Gasteiger partial charge in [0.1, 0.15) is 0 Å². The van der Waals surface area contributed by atoms with Gasteiger partial charge >= 0.3 is 0 Å². The molecule has 0 aromatic rings. The molecule has 0 radical (unpaired) electrons. The van der Waals surface area contributed by atoms with Gasteiger partial charge in [0.2, 0.25) is 0 Å². The van der Waals surface area contributed by atoms with Crippen LogP contribution in [-0.2, 0) is 0 Å². The van der Waals surface area contributed by atoms with E-state index in [1.165, 1.54) is 0 Å². The minimum atomic E-state index is 0.182. The molecule has 2 nitrogen and oxygen atoms in total. The summed E-state index contributed by atoms with van der Waals surface area (Å²) in [5.41, 5.74) is 0.182. The molecule has 94 valence electrons. The Kier molecular flexibility index (Phi) is 7.45. The summed E-state index contributed by atoms with van der Waals surface area (Å²) in [6, 6.07) is 0.551. The van der Waals surface area contributed by atoms with E-state index in [0.29, 0.717) is 6.04 Å². The second-order valence-electron chi connectivity index (χ2n) is 5.37. The van der Waals surface area contributed by atoms with Crippen molar-refractivity contribution in [2.75, 3.05) is 19.6 Å². The number of hydrogen-bond acceptors (Lipinski definition) is 2. The molecule has 1 unspecified atom stereocenters. The molecule has 0 saturated carbocycles. The van der Waals surface area contributed by atoms with Crippen LogP contribution in [0.25, 0.3) is 0 Å². The lowest BCUT2D eigenvalue weighted by Crippen LogP contribution is -2.47. The van der Waals surface area contributed by atoms with Crippen LogP contribution in [0.3, 0.4) is 0 Å². The van der Waals surface area contributed by atoms with Crippen LogP contribution >= 0.6 is 0 Å². The van der Waals surface area contributed by atoms with Crippen molar-refractivity contribution in [3.8, 4) is 12.3 Å². The molecule has 0 amide bonds. The standard InChI is InChI=1S/C14H28N2/c1-7-10-16(11-8-2)13(9-3)12-15-14(4,5)6/h1,13,15H,8-12H2,2-6H3. The minimum absolute atomic E-state index is 0.182. The second-order valence-corrected chi connectivity index (χ2v) is 5.37. The molecule has 1 N–H and O–H groups in total. The first kappa shape index (κ1) is 15.5. The quantitative estimate of drug-likeness (QED) is 0.668. The Morgan fingerprint density at radius 2 is 1.94 bits per heavy atom. The zero-order valence-electron chi connectivity index (χ0n) is 11.6. The van der Waals surface area contributed by atoms with E-state index in [4.69, 9.17) is 6.42 Å². The van der Waals surface area contributed by atoms with Crippen molar-refractivity contribution >= 4 is 0 Å². The van der Waals surface area contributed by atoms with Crippen LogP contribution < -0.4 is 5.32 Å². The Bertz CT molecular complexity index is 210. The van der Waals surface area contributed by atoms with Crippen LogP contribution in [0.2, 0.25) is 0 Å². The lowest BCUT2D eigenvalue weighted by Gasteiger charge is -2.32. The molecule has 1 atom stereocenters. The minimum Gasteiger partial charge on any atom is -0.311 e. The smallest absolute Gasteiger partial charge is 0.0601 e. The molecule has 0 saturated heterocycles. The van der Waals surface area contributed by atoms with Crippen LogP contribution in [0.4, 0.5) is 0 Å². The number of terminal acetylenes is 1. The normalized spacial score (nSPS) is 13.8. The SMILES string of the molecule is C#CCN(CCC)C(CC)CNC(C)(C)C. The van der Waals surface area contributed by atoms with Gasteiger partial charge in [-0.1, -0.05) is 19.8 Å². The van der Waals surface area contributed by atoms with Gasteiger partial charge in [-0.3, -0.25) is 4.90 Å². The Balaban J connectivity index is 4.26. The molecule has 16 heavy (non-hydrogen) atoms. The van der Waals surface area contributed by atoms with Crippen molar-refractivity contribution in [3.63, 3.8) is 0 Å². The molecule has 0 rings (SSSR count). The van der Waals surface area contributed by atoms with E-state index in [-0.39, 0.29) is 5.54 Å². The summed E-state index contributed by atoms with van der Waals surface area (Å²) in [6.45, 7) is 13.9. The van der Waals surface area contributed by atoms with Crippen LogP contribution in [0.1, 0.15) is 47.5 Å². The van der Waals surface area contributed by atoms with Crippen molar-refractivity contribution in [3.05, 3.63) is 0 Å². The van der Waals surface area contributed by atoms with Crippen LogP contribution in [0.5, 0.6) is 0 Å². The second kappa shape index (κ2) is 7.70. The maximum Gasteiger partial charge on any atom is 0.0601 e. The van der Waals surface area contributed by atoms with Gasteiger partial charge < -0.3 is 5.32 Å². The molecule has 0 aliphatic rings. The van der Waals surface area contributed by atoms with Gasteiger partial charge in [0, 0.05) is 18.1 Å². The lowest BCUT2D eigenvalue weighted by molar-refractivity contribution is 0.198. The molecule has 0 spiro atoms. The van der Waals surface area contributed by atoms with Crippen molar-refractivity contribution in [1.82, 2.24) is 10.2 Å². The van der Waals surface area contributed by atoms with E-state index in [2.05, 4.69) is 50.8 Å². The number of nitrogens with zero attached hydrogens (tertiary/aromatic N) is 1. The first-order chi connectivity index (χ1) is 7.44. The Morgan fingerprint density at radius 1 is 1.31 bits per heavy atom. The van der Waals surface area contributed by atoms with E-state index >= 15 is 0 Å². The van der Waals surface area contributed by atoms with Crippen molar-refractivity contribution in [1.29, 1.82) is 0 Å². The van der Waals surface area contributed by atoms with Crippen LogP contribution in [0.15, 0.2) is 0 Å². The molecule has 0 bridgehead atoms. The number of rotatable bonds is 7. The maximum absolute atomic E-state index is 5.42. The molecule has 0 aromatic carbocycles. The highest BCUT2D eigenvalue weighted by Crippen LogP contribution is 2.07. The molecule has 0 fully saturated rings. The third kappa shape index (κ3) is 6.87. The van der Waals surface area contributed by atoms with E-state index in [1.54, 1.807) is 0 Å². The molecule has 0 aromatic heterocycles. The summed E-state index contributed by atoms with van der Waals surface area (Å²) < 4.78 is 0. The summed E-state index contributed by atoms with van der Waals surface area (Å²) in [7, 11) is 0. The summed E-state index contributed by atoms with van der Waals surface area (Å²) in [5.74, 6) is 2.76. The molecule has 2 heteroatoms. The predicted molar refractivity (Wildman–Crippen MR) is 72.5 cm³/mol. The fraction of sp³-hybridized carbons (Fsp3) is 0.857. The molecule has 0 aliphatic carbocycles.